The number of hydrogen-bond acceptors (Lipinski definition) is 3. The van der Waals surface area contributed by atoms with E-state index in [0.717, 1.165) is 16.6 Å². The number of nitrogens with one attached hydrogen (secondary N) is 1. The summed E-state index contributed by atoms with van der Waals surface area (Å²) in [6, 6.07) is 9.02. The number of benzene rings is 1. The highest BCUT2D eigenvalue weighted by Crippen LogP contribution is 2.24. The van der Waals surface area contributed by atoms with Gasteiger partial charge in [-0.15, -0.1) is 0 Å². The predicted octanol–water partition coefficient (Wildman–Crippen LogP) is 3.15. The molecule has 0 fully saturated rings. The van der Waals surface area contributed by atoms with Crippen LogP contribution >= 0.6 is 0 Å². The van der Waals surface area contributed by atoms with Crippen molar-refractivity contribution in [2.75, 3.05) is 5.32 Å². The molecule has 0 saturated carbocycles. The monoisotopic (exact) mass is 258 g/mol. The van der Waals surface area contributed by atoms with Gasteiger partial charge in [-0.2, -0.15) is 0 Å². The summed E-state index contributed by atoms with van der Waals surface area (Å²) in [7, 11) is 0. The van der Waals surface area contributed by atoms with Gasteiger partial charge in [-0.25, -0.2) is 4.79 Å². The summed E-state index contributed by atoms with van der Waals surface area (Å²) < 4.78 is 0. The second-order valence-electron chi connectivity index (χ2n) is 5.70. The van der Waals surface area contributed by atoms with Gasteiger partial charge < -0.3 is 10.4 Å². The lowest BCUT2D eigenvalue weighted by atomic mass is 9.86. The quantitative estimate of drug-likeness (QED) is 0.887. The van der Waals surface area contributed by atoms with Crippen LogP contribution in [0.4, 0.5) is 5.69 Å². The van der Waals surface area contributed by atoms with Crippen molar-refractivity contribution >= 4 is 22.6 Å². The second kappa shape index (κ2) is 4.88. The maximum atomic E-state index is 11.3. The molecule has 4 heteroatoms. The van der Waals surface area contributed by atoms with Crippen molar-refractivity contribution in [3.05, 3.63) is 36.5 Å². The number of para-hydroxylation sites is 1. The molecule has 0 spiro atoms. The van der Waals surface area contributed by atoms with Crippen LogP contribution in [0.3, 0.4) is 0 Å². The first-order chi connectivity index (χ1) is 8.88. The van der Waals surface area contributed by atoms with Crippen molar-refractivity contribution in [3.63, 3.8) is 0 Å². The van der Waals surface area contributed by atoms with E-state index in [1.165, 1.54) is 0 Å². The summed E-state index contributed by atoms with van der Waals surface area (Å²) in [5.74, 6) is -0.861. The van der Waals surface area contributed by atoms with E-state index in [4.69, 9.17) is 0 Å². The third-order valence-electron chi connectivity index (χ3n) is 3.01. The van der Waals surface area contributed by atoms with Gasteiger partial charge in [0.15, 0.2) is 0 Å². The minimum Gasteiger partial charge on any atom is -0.480 e. The number of fused-ring (bicyclic) bond motifs is 1. The number of rotatable bonds is 3. The fraction of sp³-hybridized carbons (Fsp3) is 0.333. The SMILES string of the molecule is CC(C)(C)[C@H](Nc1cnc2ccccc2c1)C(=O)O. The summed E-state index contributed by atoms with van der Waals surface area (Å²) in [5.41, 5.74) is 1.24. The first-order valence-electron chi connectivity index (χ1n) is 6.22. The van der Waals surface area contributed by atoms with Crippen molar-refractivity contribution < 1.29 is 9.90 Å². The Bertz CT molecular complexity index is 602. The van der Waals surface area contributed by atoms with E-state index < -0.39 is 12.0 Å². The van der Waals surface area contributed by atoms with Crippen LogP contribution in [0.2, 0.25) is 0 Å². The molecule has 0 radical (unpaired) electrons. The fourth-order valence-electron chi connectivity index (χ4n) is 1.97. The Morgan fingerprint density at radius 1 is 1.32 bits per heavy atom. The minimum absolute atomic E-state index is 0.378. The molecule has 1 aromatic carbocycles. The lowest BCUT2D eigenvalue weighted by Gasteiger charge is -2.28. The Balaban J connectivity index is 2.32. The van der Waals surface area contributed by atoms with Gasteiger partial charge in [0.2, 0.25) is 0 Å². The Labute approximate surface area is 112 Å². The number of hydrogen-bond donors (Lipinski definition) is 2. The molecule has 0 amide bonds. The van der Waals surface area contributed by atoms with Gasteiger partial charge in [0.1, 0.15) is 6.04 Å². The number of pyridine rings is 1. The van der Waals surface area contributed by atoms with Gasteiger partial charge in [-0.05, 0) is 17.5 Å². The maximum absolute atomic E-state index is 11.3. The molecule has 0 bridgehead atoms. The third kappa shape index (κ3) is 3.02. The zero-order valence-electron chi connectivity index (χ0n) is 11.3. The highest BCUT2D eigenvalue weighted by molar-refractivity contribution is 5.83. The molecule has 1 heterocycles. The summed E-state index contributed by atoms with van der Waals surface area (Å²) in [6.07, 6.45) is 1.67. The van der Waals surface area contributed by atoms with Gasteiger partial charge in [-0.3, -0.25) is 4.98 Å². The molecule has 1 atom stereocenters. The van der Waals surface area contributed by atoms with Gasteiger partial charge in [0.25, 0.3) is 0 Å². The first kappa shape index (κ1) is 13.3. The van der Waals surface area contributed by atoms with Crippen LogP contribution in [-0.2, 0) is 4.79 Å². The van der Waals surface area contributed by atoms with Crippen LogP contribution in [0.1, 0.15) is 20.8 Å². The van der Waals surface area contributed by atoms with E-state index in [-0.39, 0.29) is 5.41 Å². The van der Waals surface area contributed by atoms with E-state index in [1.807, 2.05) is 51.1 Å². The summed E-state index contributed by atoms with van der Waals surface area (Å²) in [5, 5.41) is 13.3. The smallest absolute Gasteiger partial charge is 0.326 e. The molecule has 4 nitrogen and oxygen atoms in total. The van der Waals surface area contributed by atoms with Gasteiger partial charge in [-0.1, -0.05) is 39.0 Å². The average Bonchev–Trinajstić information content (AvgIpc) is 2.34. The van der Waals surface area contributed by atoms with Gasteiger partial charge >= 0.3 is 5.97 Å². The molecular formula is C15H18N2O2. The maximum Gasteiger partial charge on any atom is 0.326 e. The zero-order valence-corrected chi connectivity index (χ0v) is 11.3. The van der Waals surface area contributed by atoms with Crippen LogP contribution in [0.25, 0.3) is 10.9 Å². The number of anilines is 1. The molecule has 1 aromatic heterocycles. The molecule has 2 N–H and O–H groups in total. The number of carboxylic acid groups (broad SMARTS) is 1. The fourth-order valence-corrected chi connectivity index (χ4v) is 1.97. The number of nitrogens with zero attached hydrogens (tertiary/aromatic N) is 1. The van der Waals surface area contributed by atoms with Crippen molar-refractivity contribution in [1.82, 2.24) is 4.98 Å². The molecule has 0 saturated heterocycles. The van der Waals surface area contributed by atoms with Crippen LogP contribution in [0, 0.1) is 5.41 Å². The van der Waals surface area contributed by atoms with E-state index >= 15 is 0 Å². The third-order valence-corrected chi connectivity index (χ3v) is 3.01. The minimum atomic E-state index is -0.861. The lowest BCUT2D eigenvalue weighted by Crippen LogP contribution is -2.41. The Morgan fingerprint density at radius 3 is 2.63 bits per heavy atom. The first-order valence-corrected chi connectivity index (χ1v) is 6.22. The molecule has 100 valence electrons. The van der Waals surface area contributed by atoms with Crippen LogP contribution in [-0.4, -0.2) is 22.1 Å². The highest BCUT2D eigenvalue weighted by atomic mass is 16.4. The average molecular weight is 258 g/mol. The van der Waals surface area contributed by atoms with Crippen molar-refractivity contribution in [3.8, 4) is 0 Å². The number of carboxylic acids is 1. The van der Waals surface area contributed by atoms with Gasteiger partial charge in [0.05, 0.1) is 17.4 Å². The zero-order chi connectivity index (χ0) is 14.0. The largest absolute Gasteiger partial charge is 0.480 e. The van der Waals surface area contributed by atoms with Gasteiger partial charge in [0, 0.05) is 5.39 Å². The van der Waals surface area contributed by atoms with Crippen molar-refractivity contribution in [2.45, 2.75) is 26.8 Å². The number of carbonyl (C=O) groups is 1. The highest BCUT2D eigenvalue weighted by Gasteiger charge is 2.31. The molecule has 2 rings (SSSR count). The standard InChI is InChI=1S/C15H18N2O2/c1-15(2,3)13(14(18)19)17-11-8-10-6-4-5-7-12(10)16-9-11/h4-9,13,17H,1-3H3,(H,18,19)/t13-/m1/s1. The van der Waals surface area contributed by atoms with Crippen molar-refractivity contribution in [2.24, 2.45) is 5.41 Å². The molecular weight excluding hydrogens is 240 g/mol. The molecule has 0 unspecified atom stereocenters. The molecule has 0 aliphatic carbocycles. The Morgan fingerprint density at radius 2 is 2.00 bits per heavy atom. The Hall–Kier alpha value is -2.10. The van der Waals surface area contributed by atoms with E-state index in [9.17, 15) is 9.90 Å². The van der Waals surface area contributed by atoms with E-state index in [0.29, 0.717) is 0 Å². The molecule has 19 heavy (non-hydrogen) atoms. The summed E-state index contributed by atoms with van der Waals surface area (Å²) >= 11 is 0. The van der Waals surface area contributed by atoms with Crippen LogP contribution < -0.4 is 5.32 Å². The predicted molar refractivity (Wildman–Crippen MR) is 76.2 cm³/mol. The number of aliphatic carboxylic acids is 1. The lowest BCUT2D eigenvalue weighted by molar-refractivity contribution is -0.140. The number of aromatic nitrogens is 1. The second-order valence-corrected chi connectivity index (χ2v) is 5.70. The summed E-state index contributed by atoms with van der Waals surface area (Å²) in [4.78, 5) is 15.7. The topological polar surface area (TPSA) is 62.2 Å². The van der Waals surface area contributed by atoms with Crippen LogP contribution in [0.5, 0.6) is 0 Å². The Kier molecular flexibility index (Phi) is 3.42. The molecule has 0 aliphatic rings. The molecule has 2 aromatic rings. The van der Waals surface area contributed by atoms with E-state index in [2.05, 4.69) is 10.3 Å². The van der Waals surface area contributed by atoms with E-state index in [1.54, 1.807) is 6.20 Å². The summed E-state index contributed by atoms with van der Waals surface area (Å²) in [6.45, 7) is 5.69. The van der Waals surface area contributed by atoms with Crippen molar-refractivity contribution in [1.29, 1.82) is 0 Å². The molecule has 0 aliphatic heterocycles. The van der Waals surface area contributed by atoms with Crippen LogP contribution in [0.15, 0.2) is 36.5 Å². The normalized spacial score (nSPS) is 13.2.